The third-order valence-electron chi connectivity index (χ3n) is 3.92. The zero-order valence-electron chi connectivity index (χ0n) is 14.0. The van der Waals surface area contributed by atoms with Crippen LogP contribution in [0, 0.1) is 0 Å². The maximum atomic E-state index is 6.47. The van der Waals surface area contributed by atoms with Gasteiger partial charge in [0.1, 0.15) is 12.4 Å². The minimum absolute atomic E-state index is 0.404. The van der Waals surface area contributed by atoms with Crippen LogP contribution < -0.4 is 16.2 Å². The molecule has 3 nitrogen and oxygen atoms in total. The van der Waals surface area contributed by atoms with Crippen molar-refractivity contribution >= 4 is 0 Å². The van der Waals surface area contributed by atoms with Crippen LogP contribution in [0.2, 0.25) is 0 Å². The summed E-state index contributed by atoms with van der Waals surface area (Å²) in [5, 5.41) is 0. The van der Waals surface area contributed by atoms with Gasteiger partial charge in [0.25, 0.3) is 0 Å². The molecule has 2 aromatic carbocycles. The van der Waals surface area contributed by atoms with Crippen LogP contribution >= 0.6 is 0 Å². The van der Waals surface area contributed by atoms with Crippen LogP contribution in [0.25, 0.3) is 0 Å². The number of nitrogens with two attached hydrogens (primary N) is 2. The van der Waals surface area contributed by atoms with E-state index in [0.717, 1.165) is 23.3 Å². The molecule has 0 saturated heterocycles. The van der Waals surface area contributed by atoms with Gasteiger partial charge in [0.15, 0.2) is 0 Å². The van der Waals surface area contributed by atoms with Crippen LogP contribution in [0.5, 0.6) is 5.75 Å². The third kappa shape index (κ3) is 4.95. The summed E-state index contributed by atoms with van der Waals surface area (Å²) < 4.78 is 5.81. The molecule has 122 valence electrons. The lowest BCUT2D eigenvalue weighted by Gasteiger charge is -2.27. The summed E-state index contributed by atoms with van der Waals surface area (Å²) in [6.07, 6.45) is 2.86. The second-order valence-electron chi connectivity index (χ2n) is 6.14. The first kappa shape index (κ1) is 17.3. The summed E-state index contributed by atoms with van der Waals surface area (Å²) >= 11 is 0. The van der Waals surface area contributed by atoms with E-state index in [0.29, 0.717) is 13.2 Å². The zero-order chi connectivity index (χ0) is 16.7. The summed E-state index contributed by atoms with van der Waals surface area (Å²) in [6.45, 7) is 5.10. The van der Waals surface area contributed by atoms with Gasteiger partial charge in [0.2, 0.25) is 0 Å². The molecule has 1 atom stereocenters. The van der Waals surface area contributed by atoms with Crippen molar-refractivity contribution in [2.24, 2.45) is 11.5 Å². The predicted octanol–water partition coefficient (Wildman–Crippen LogP) is 3.73. The van der Waals surface area contributed by atoms with E-state index in [4.69, 9.17) is 16.2 Å². The van der Waals surface area contributed by atoms with Gasteiger partial charge in [-0.1, -0.05) is 54.1 Å². The highest BCUT2D eigenvalue weighted by Gasteiger charge is 2.24. The Kier molecular flexibility index (Phi) is 5.97. The molecule has 0 aliphatic carbocycles. The average Bonchev–Trinajstić information content (AvgIpc) is 2.59. The standard InChI is InChI=1S/C20H26N2O/c1-16(2)12-13-20(22,15-21)18-8-10-19(11-9-18)23-14-17-6-4-3-5-7-17/h3-12H,13-15,21-22H2,1-2H3. The predicted molar refractivity (Wildman–Crippen MR) is 96.2 cm³/mol. The lowest BCUT2D eigenvalue weighted by molar-refractivity contribution is 0.306. The normalized spacial score (nSPS) is 13.2. The van der Waals surface area contributed by atoms with Crippen LogP contribution in [-0.4, -0.2) is 6.54 Å². The summed E-state index contributed by atoms with van der Waals surface area (Å²) in [4.78, 5) is 0. The van der Waals surface area contributed by atoms with E-state index in [1.54, 1.807) is 0 Å². The van der Waals surface area contributed by atoms with Crippen molar-refractivity contribution in [2.45, 2.75) is 32.4 Å². The molecule has 0 heterocycles. The van der Waals surface area contributed by atoms with E-state index in [1.165, 1.54) is 5.57 Å². The third-order valence-corrected chi connectivity index (χ3v) is 3.92. The zero-order valence-corrected chi connectivity index (χ0v) is 14.0. The van der Waals surface area contributed by atoms with Crippen LogP contribution in [-0.2, 0) is 12.1 Å². The van der Waals surface area contributed by atoms with E-state index in [1.807, 2.05) is 54.6 Å². The van der Waals surface area contributed by atoms with E-state index in [2.05, 4.69) is 19.9 Å². The van der Waals surface area contributed by atoms with E-state index >= 15 is 0 Å². The van der Waals surface area contributed by atoms with Crippen LogP contribution in [0.4, 0.5) is 0 Å². The minimum Gasteiger partial charge on any atom is -0.489 e. The van der Waals surface area contributed by atoms with Crippen LogP contribution in [0.15, 0.2) is 66.2 Å². The van der Waals surface area contributed by atoms with Gasteiger partial charge < -0.3 is 16.2 Å². The smallest absolute Gasteiger partial charge is 0.119 e. The van der Waals surface area contributed by atoms with Crippen molar-refractivity contribution in [1.82, 2.24) is 0 Å². The summed E-state index contributed by atoms with van der Waals surface area (Å²) in [7, 11) is 0. The maximum absolute atomic E-state index is 6.47. The summed E-state index contributed by atoms with van der Waals surface area (Å²) in [5.74, 6) is 0.833. The fourth-order valence-electron chi connectivity index (χ4n) is 2.33. The quantitative estimate of drug-likeness (QED) is 0.766. The average molecular weight is 310 g/mol. The first-order valence-electron chi connectivity index (χ1n) is 7.93. The Morgan fingerprint density at radius 1 is 1.04 bits per heavy atom. The van der Waals surface area contributed by atoms with Crippen molar-refractivity contribution in [3.8, 4) is 5.75 Å². The van der Waals surface area contributed by atoms with Gasteiger partial charge in [-0.2, -0.15) is 0 Å². The summed E-state index contributed by atoms with van der Waals surface area (Å²) in [6, 6.07) is 18.0. The van der Waals surface area contributed by atoms with Crippen molar-refractivity contribution in [1.29, 1.82) is 0 Å². The molecule has 0 amide bonds. The minimum atomic E-state index is -0.533. The van der Waals surface area contributed by atoms with Gasteiger partial charge in [0.05, 0.1) is 5.54 Å². The lowest BCUT2D eigenvalue weighted by Crippen LogP contribution is -2.43. The molecule has 4 N–H and O–H groups in total. The van der Waals surface area contributed by atoms with Crippen LogP contribution in [0.3, 0.4) is 0 Å². The topological polar surface area (TPSA) is 61.3 Å². The second-order valence-corrected chi connectivity index (χ2v) is 6.14. The molecular formula is C20H26N2O. The van der Waals surface area contributed by atoms with Gasteiger partial charge in [0, 0.05) is 6.54 Å². The summed E-state index contributed by atoms with van der Waals surface area (Å²) in [5.41, 5.74) is 15.3. The number of benzene rings is 2. The second kappa shape index (κ2) is 7.95. The molecule has 2 rings (SSSR count). The number of ether oxygens (including phenoxy) is 1. The molecule has 3 heteroatoms. The molecule has 0 fully saturated rings. The molecule has 0 aromatic heterocycles. The number of allylic oxidation sites excluding steroid dienone is 1. The Balaban J connectivity index is 2.04. The molecule has 0 saturated carbocycles. The fourth-order valence-corrected chi connectivity index (χ4v) is 2.33. The van der Waals surface area contributed by atoms with Gasteiger partial charge in [-0.25, -0.2) is 0 Å². The highest BCUT2D eigenvalue weighted by molar-refractivity contribution is 5.33. The fraction of sp³-hybridized carbons (Fsp3) is 0.300. The van der Waals surface area contributed by atoms with Gasteiger partial charge in [-0.05, 0) is 43.5 Å². The molecule has 1 unspecified atom stereocenters. The first-order chi connectivity index (χ1) is 11.0. The van der Waals surface area contributed by atoms with Crippen molar-refractivity contribution in [2.75, 3.05) is 6.54 Å². The Morgan fingerprint density at radius 3 is 2.26 bits per heavy atom. The van der Waals surface area contributed by atoms with E-state index < -0.39 is 5.54 Å². The van der Waals surface area contributed by atoms with Crippen molar-refractivity contribution in [3.63, 3.8) is 0 Å². The molecule has 0 spiro atoms. The molecule has 2 aromatic rings. The molecular weight excluding hydrogens is 284 g/mol. The lowest BCUT2D eigenvalue weighted by atomic mass is 9.87. The van der Waals surface area contributed by atoms with Gasteiger partial charge >= 0.3 is 0 Å². The Morgan fingerprint density at radius 2 is 1.70 bits per heavy atom. The Hall–Kier alpha value is -2.10. The molecule has 0 aliphatic rings. The largest absolute Gasteiger partial charge is 0.489 e. The number of rotatable bonds is 7. The van der Waals surface area contributed by atoms with Gasteiger partial charge in [-0.3, -0.25) is 0 Å². The SMILES string of the molecule is CC(C)=CCC(N)(CN)c1ccc(OCc2ccccc2)cc1. The highest BCUT2D eigenvalue weighted by atomic mass is 16.5. The Labute approximate surface area is 139 Å². The van der Waals surface area contributed by atoms with Crippen molar-refractivity contribution < 1.29 is 4.74 Å². The first-order valence-corrected chi connectivity index (χ1v) is 7.93. The molecule has 0 bridgehead atoms. The van der Waals surface area contributed by atoms with E-state index in [9.17, 15) is 0 Å². The number of hydrogen-bond acceptors (Lipinski definition) is 3. The van der Waals surface area contributed by atoms with Crippen molar-refractivity contribution in [3.05, 3.63) is 77.4 Å². The maximum Gasteiger partial charge on any atom is 0.119 e. The molecule has 0 radical (unpaired) electrons. The number of hydrogen-bond donors (Lipinski definition) is 2. The molecule has 23 heavy (non-hydrogen) atoms. The highest BCUT2D eigenvalue weighted by Crippen LogP contribution is 2.25. The monoisotopic (exact) mass is 310 g/mol. The molecule has 0 aliphatic heterocycles. The van der Waals surface area contributed by atoms with Crippen LogP contribution in [0.1, 0.15) is 31.4 Å². The Bertz CT molecular complexity index is 630. The van der Waals surface area contributed by atoms with Gasteiger partial charge in [-0.15, -0.1) is 0 Å². The van der Waals surface area contributed by atoms with E-state index in [-0.39, 0.29) is 0 Å².